The predicted molar refractivity (Wildman–Crippen MR) is 63.6 cm³/mol. The van der Waals surface area contributed by atoms with Crippen LogP contribution in [0.3, 0.4) is 0 Å². The summed E-state index contributed by atoms with van der Waals surface area (Å²) in [5, 5.41) is 8.07. The smallest absolute Gasteiger partial charge is 0.124 e. The van der Waals surface area contributed by atoms with Crippen LogP contribution in [0.4, 0.5) is 4.39 Å². The molecule has 4 nitrogen and oxygen atoms in total. The molecule has 0 atom stereocenters. The van der Waals surface area contributed by atoms with Crippen LogP contribution >= 0.6 is 11.8 Å². The molecule has 0 saturated carbocycles. The van der Waals surface area contributed by atoms with Crippen LogP contribution in [0.1, 0.15) is 5.56 Å². The molecule has 0 unspecified atom stereocenters. The van der Waals surface area contributed by atoms with Crippen molar-refractivity contribution in [3.05, 3.63) is 48.2 Å². The number of halogens is 1. The Morgan fingerprint density at radius 1 is 1.35 bits per heavy atom. The molecule has 0 aliphatic rings. The molecule has 86 valence electrons. The topological polar surface area (TPSA) is 75.7 Å². The standard InChI is InChI=1S/C11H9FN4S/c12-7-1-2-9(8(5-7)11(13)14)17-10-6-15-3-4-16-10/h1-6H,(H3,13,14). The molecule has 0 amide bonds. The summed E-state index contributed by atoms with van der Waals surface area (Å²) in [6.07, 6.45) is 4.73. The van der Waals surface area contributed by atoms with Crippen LogP contribution in [0.5, 0.6) is 0 Å². The maximum atomic E-state index is 13.1. The van der Waals surface area contributed by atoms with Crippen LogP contribution in [-0.2, 0) is 0 Å². The number of nitrogens with one attached hydrogen (secondary N) is 1. The van der Waals surface area contributed by atoms with Gasteiger partial charge < -0.3 is 5.73 Å². The van der Waals surface area contributed by atoms with Crippen molar-refractivity contribution in [3.63, 3.8) is 0 Å². The third-order valence-corrected chi connectivity index (χ3v) is 2.98. The molecule has 0 aliphatic heterocycles. The number of nitrogen functional groups attached to an aromatic ring is 1. The highest BCUT2D eigenvalue weighted by Crippen LogP contribution is 2.28. The lowest BCUT2D eigenvalue weighted by atomic mass is 10.2. The largest absolute Gasteiger partial charge is 0.384 e. The zero-order valence-corrected chi connectivity index (χ0v) is 9.54. The molecule has 0 saturated heterocycles. The van der Waals surface area contributed by atoms with Crippen LogP contribution in [-0.4, -0.2) is 15.8 Å². The molecular weight excluding hydrogens is 239 g/mol. The number of amidine groups is 1. The van der Waals surface area contributed by atoms with Crippen molar-refractivity contribution >= 4 is 17.6 Å². The van der Waals surface area contributed by atoms with E-state index >= 15 is 0 Å². The summed E-state index contributed by atoms with van der Waals surface area (Å²) in [5.74, 6) is -0.588. The quantitative estimate of drug-likeness (QED) is 0.644. The zero-order valence-electron chi connectivity index (χ0n) is 8.72. The molecule has 1 aromatic heterocycles. The molecule has 2 aromatic rings. The Bertz CT molecular complexity index is 544. The molecule has 0 spiro atoms. The molecule has 1 heterocycles. The number of benzene rings is 1. The Balaban J connectivity index is 2.36. The summed E-state index contributed by atoms with van der Waals surface area (Å²) >= 11 is 1.29. The summed E-state index contributed by atoms with van der Waals surface area (Å²) in [4.78, 5) is 8.70. The molecule has 3 N–H and O–H groups in total. The molecule has 0 fully saturated rings. The van der Waals surface area contributed by atoms with E-state index in [1.807, 2.05) is 0 Å². The average Bonchev–Trinajstić information content (AvgIpc) is 2.32. The van der Waals surface area contributed by atoms with Crippen molar-refractivity contribution in [2.75, 3.05) is 0 Å². The monoisotopic (exact) mass is 248 g/mol. The van der Waals surface area contributed by atoms with Gasteiger partial charge in [0.05, 0.1) is 6.20 Å². The minimum atomic E-state index is -0.418. The lowest BCUT2D eigenvalue weighted by Gasteiger charge is -2.06. The predicted octanol–water partition coefficient (Wildman–Crippen LogP) is 2.05. The highest BCUT2D eigenvalue weighted by Gasteiger charge is 2.09. The van der Waals surface area contributed by atoms with Crippen molar-refractivity contribution in [1.29, 1.82) is 5.41 Å². The van der Waals surface area contributed by atoms with Gasteiger partial charge in [0.15, 0.2) is 0 Å². The van der Waals surface area contributed by atoms with Gasteiger partial charge in [-0.2, -0.15) is 0 Å². The highest BCUT2D eigenvalue weighted by molar-refractivity contribution is 7.99. The first-order valence-corrected chi connectivity index (χ1v) is 5.56. The summed E-state index contributed by atoms with van der Waals surface area (Å²) in [6, 6.07) is 4.14. The Kier molecular flexibility index (Phi) is 3.34. The molecule has 6 heteroatoms. The second-order valence-corrected chi connectivity index (χ2v) is 4.26. The molecule has 0 bridgehead atoms. The van der Waals surface area contributed by atoms with Crippen molar-refractivity contribution in [3.8, 4) is 0 Å². The zero-order chi connectivity index (χ0) is 12.3. The van der Waals surface area contributed by atoms with Gasteiger partial charge in [-0.25, -0.2) is 9.37 Å². The Morgan fingerprint density at radius 2 is 2.18 bits per heavy atom. The minimum absolute atomic E-state index is 0.170. The molecular formula is C11H9FN4S. The van der Waals surface area contributed by atoms with Crippen molar-refractivity contribution in [2.45, 2.75) is 9.92 Å². The fourth-order valence-electron chi connectivity index (χ4n) is 1.25. The van der Waals surface area contributed by atoms with E-state index < -0.39 is 5.82 Å². The molecule has 17 heavy (non-hydrogen) atoms. The van der Waals surface area contributed by atoms with Gasteiger partial charge in [0, 0.05) is 22.9 Å². The van der Waals surface area contributed by atoms with Crippen LogP contribution in [0.2, 0.25) is 0 Å². The van der Waals surface area contributed by atoms with E-state index in [4.69, 9.17) is 11.1 Å². The van der Waals surface area contributed by atoms with Gasteiger partial charge in [0.1, 0.15) is 16.7 Å². The highest BCUT2D eigenvalue weighted by atomic mass is 32.2. The summed E-state index contributed by atoms with van der Waals surface area (Å²) in [7, 11) is 0. The summed E-state index contributed by atoms with van der Waals surface area (Å²) in [6.45, 7) is 0. The SMILES string of the molecule is N=C(N)c1cc(F)ccc1Sc1cnccn1. The van der Waals surface area contributed by atoms with Crippen LogP contribution in [0, 0.1) is 11.2 Å². The maximum absolute atomic E-state index is 13.1. The first kappa shape index (κ1) is 11.5. The first-order valence-electron chi connectivity index (χ1n) is 4.74. The van der Waals surface area contributed by atoms with E-state index in [-0.39, 0.29) is 5.84 Å². The van der Waals surface area contributed by atoms with Crippen molar-refractivity contribution in [1.82, 2.24) is 9.97 Å². The van der Waals surface area contributed by atoms with Gasteiger partial charge in [-0.05, 0) is 18.2 Å². The van der Waals surface area contributed by atoms with Crippen molar-refractivity contribution in [2.24, 2.45) is 5.73 Å². The number of nitrogens with zero attached hydrogens (tertiary/aromatic N) is 2. The van der Waals surface area contributed by atoms with Crippen LogP contribution < -0.4 is 5.73 Å². The Labute approximate surface area is 102 Å². The third-order valence-electron chi connectivity index (χ3n) is 1.99. The Hall–Kier alpha value is -1.95. The van der Waals surface area contributed by atoms with E-state index in [1.165, 1.54) is 23.9 Å². The van der Waals surface area contributed by atoms with Gasteiger partial charge in [0.2, 0.25) is 0 Å². The lowest BCUT2D eigenvalue weighted by Crippen LogP contribution is -2.12. The van der Waals surface area contributed by atoms with E-state index in [2.05, 4.69) is 9.97 Å². The average molecular weight is 248 g/mol. The second-order valence-electron chi connectivity index (χ2n) is 3.20. The number of nitrogens with two attached hydrogens (primary N) is 1. The number of hydrogen-bond acceptors (Lipinski definition) is 4. The normalized spacial score (nSPS) is 10.2. The van der Waals surface area contributed by atoms with Crippen LogP contribution in [0.25, 0.3) is 0 Å². The summed E-state index contributed by atoms with van der Waals surface area (Å²) < 4.78 is 13.1. The fourth-order valence-corrected chi connectivity index (χ4v) is 2.12. The maximum Gasteiger partial charge on any atom is 0.124 e. The molecule has 0 radical (unpaired) electrons. The minimum Gasteiger partial charge on any atom is -0.384 e. The van der Waals surface area contributed by atoms with Gasteiger partial charge in [-0.15, -0.1) is 0 Å². The second kappa shape index (κ2) is 4.92. The molecule has 1 aromatic carbocycles. The third kappa shape index (κ3) is 2.79. The van der Waals surface area contributed by atoms with E-state index in [0.29, 0.717) is 15.5 Å². The van der Waals surface area contributed by atoms with Gasteiger partial charge in [0.25, 0.3) is 0 Å². The molecule has 0 aliphatic carbocycles. The van der Waals surface area contributed by atoms with E-state index in [1.54, 1.807) is 24.7 Å². The van der Waals surface area contributed by atoms with Gasteiger partial charge >= 0.3 is 0 Å². The van der Waals surface area contributed by atoms with Crippen molar-refractivity contribution < 1.29 is 4.39 Å². The van der Waals surface area contributed by atoms with Crippen LogP contribution in [0.15, 0.2) is 46.7 Å². The fraction of sp³-hybridized carbons (Fsp3) is 0. The first-order chi connectivity index (χ1) is 8.16. The summed E-state index contributed by atoms with van der Waals surface area (Å²) in [5.41, 5.74) is 5.77. The number of rotatable bonds is 3. The van der Waals surface area contributed by atoms with E-state index in [0.717, 1.165) is 0 Å². The van der Waals surface area contributed by atoms with Gasteiger partial charge in [-0.3, -0.25) is 10.4 Å². The van der Waals surface area contributed by atoms with Gasteiger partial charge in [-0.1, -0.05) is 11.8 Å². The number of aromatic nitrogens is 2. The van der Waals surface area contributed by atoms with E-state index in [9.17, 15) is 4.39 Å². The lowest BCUT2D eigenvalue weighted by molar-refractivity contribution is 0.626. The molecule has 2 rings (SSSR count). The Morgan fingerprint density at radius 3 is 2.82 bits per heavy atom. The number of hydrogen-bond donors (Lipinski definition) is 2.